The van der Waals surface area contributed by atoms with Gasteiger partial charge in [0, 0.05) is 0 Å². The molecule has 0 bridgehead atoms. The van der Waals surface area contributed by atoms with E-state index in [0.29, 0.717) is 0 Å². The molecule has 1 atom stereocenters. The number of rotatable bonds is 3. The first-order valence-electron chi connectivity index (χ1n) is 8.81. The van der Waals surface area contributed by atoms with E-state index in [4.69, 9.17) is 0 Å². The summed E-state index contributed by atoms with van der Waals surface area (Å²) in [4.78, 5) is 0. The van der Waals surface area contributed by atoms with Crippen LogP contribution < -0.4 is 24.8 Å². The summed E-state index contributed by atoms with van der Waals surface area (Å²) in [5.74, 6) is 0.918. The topological polar surface area (TPSA) is 0 Å². The maximum absolute atomic E-state index is 2.99. The van der Waals surface area contributed by atoms with E-state index in [1.165, 1.54) is 32.1 Å². The molecule has 3 aliphatic carbocycles. The largest absolute Gasteiger partial charge is 4.00 e. The summed E-state index contributed by atoms with van der Waals surface area (Å²) >= 11 is 0. The molecule has 0 aromatic heterocycles. The molecule has 1 saturated carbocycles. The fraction of sp³-hybridized carbons (Fsp3) is 0.550. The van der Waals surface area contributed by atoms with Crippen LogP contribution in [0.2, 0.25) is 18.1 Å². The van der Waals surface area contributed by atoms with E-state index >= 15 is 0 Å². The Morgan fingerprint density at radius 1 is 1.21 bits per heavy atom. The van der Waals surface area contributed by atoms with Gasteiger partial charge in [-0.2, -0.15) is 6.08 Å². The van der Waals surface area contributed by atoms with E-state index in [1.807, 2.05) is 23.3 Å². The van der Waals surface area contributed by atoms with Crippen molar-refractivity contribution in [3.8, 4) is 0 Å². The van der Waals surface area contributed by atoms with Crippen molar-refractivity contribution in [2.45, 2.75) is 63.6 Å². The van der Waals surface area contributed by atoms with Crippen LogP contribution in [-0.2, 0) is 25.8 Å². The molecule has 4 aliphatic rings. The molecule has 4 heteroatoms. The van der Waals surface area contributed by atoms with Crippen LogP contribution in [0.1, 0.15) is 45.4 Å². The predicted molar refractivity (Wildman–Crippen MR) is 94.5 cm³/mol. The van der Waals surface area contributed by atoms with Crippen LogP contribution in [0.15, 0.2) is 42.0 Å². The molecule has 0 nitrogen and oxygen atoms in total. The third-order valence-corrected chi connectivity index (χ3v) is 11.5. The minimum absolute atomic E-state index is 0. The Morgan fingerprint density at radius 2 is 2.00 bits per heavy atom. The summed E-state index contributed by atoms with van der Waals surface area (Å²) in [6.07, 6.45) is 24.3. The van der Waals surface area contributed by atoms with Gasteiger partial charge in [0.25, 0.3) is 0 Å². The Morgan fingerprint density at radius 3 is 2.50 bits per heavy atom. The molecule has 0 aromatic carbocycles. The van der Waals surface area contributed by atoms with E-state index < -0.39 is 8.07 Å². The third-order valence-electron chi connectivity index (χ3n) is 5.63. The summed E-state index contributed by atoms with van der Waals surface area (Å²) < 4.78 is 0. The summed E-state index contributed by atoms with van der Waals surface area (Å²) in [5, 5.41) is 0. The van der Waals surface area contributed by atoms with Crippen molar-refractivity contribution in [2.24, 2.45) is 5.92 Å². The van der Waals surface area contributed by atoms with Gasteiger partial charge in [-0.1, -0.05) is 50.7 Å². The van der Waals surface area contributed by atoms with Crippen molar-refractivity contribution in [3.05, 3.63) is 53.6 Å². The molecule has 0 amide bonds. The zero-order valence-electron chi connectivity index (χ0n) is 14.7. The first kappa shape index (κ1) is 24.5. The minimum atomic E-state index is -0.904. The molecule has 0 N–H and O–H groups in total. The average molecular weight is 546 g/mol. The molecule has 0 radical (unpaired) electrons. The monoisotopic (exact) mass is 546 g/mol. The Kier molecular flexibility index (Phi) is 12.2. The zero-order valence-corrected chi connectivity index (χ0v) is 20.8. The molecule has 130 valence electrons. The van der Waals surface area contributed by atoms with E-state index in [1.54, 1.807) is 18.1 Å². The number of hydrogen-bond donors (Lipinski definition) is 0. The second kappa shape index (κ2) is 12.0. The molecule has 1 unspecified atom stereocenters. The van der Waals surface area contributed by atoms with Crippen LogP contribution in [0.5, 0.6) is 0 Å². The van der Waals surface area contributed by atoms with Crippen LogP contribution in [-0.4, -0.2) is 8.07 Å². The molecule has 24 heavy (non-hydrogen) atoms. The Labute approximate surface area is 180 Å². The SMILES string of the molecule is CCC[Si]1([C-]2CCC3CC=CC=C23)CCC1.[C-]1=CC=CC1.[Cl-].[Cl-].[Hf+4]. The van der Waals surface area contributed by atoms with E-state index in [9.17, 15) is 0 Å². The Balaban J connectivity index is 0.000000578. The van der Waals surface area contributed by atoms with Crippen LogP contribution in [0, 0.1) is 17.5 Å². The summed E-state index contributed by atoms with van der Waals surface area (Å²) in [6.45, 7) is 2.38. The van der Waals surface area contributed by atoms with Gasteiger partial charge in [-0.25, -0.2) is 29.3 Å². The van der Waals surface area contributed by atoms with Gasteiger partial charge >= 0.3 is 25.8 Å². The smallest absolute Gasteiger partial charge is 1.00 e. The summed E-state index contributed by atoms with van der Waals surface area (Å²) in [5.41, 5.74) is 3.82. The van der Waals surface area contributed by atoms with Gasteiger partial charge in [0.15, 0.2) is 0 Å². The molecule has 4 rings (SSSR count). The van der Waals surface area contributed by atoms with Gasteiger partial charge in [0.1, 0.15) is 0 Å². The number of fused-ring (bicyclic) bond motifs is 1. The van der Waals surface area contributed by atoms with Crippen molar-refractivity contribution in [1.82, 2.24) is 0 Å². The van der Waals surface area contributed by atoms with Crippen molar-refractivity contribution in [1.29, 1.82) is 0 Å². The fourth-order valence-corrected chi connectivity index (χ4v) is 9.60. The van der Waals surface area contributed by atoms with Gasteiger partial charge in [-0.15, -0.1) is 18.6 Å². The van der Waals surface area contributed by atoms with E-state index in [2.05, 4.69) is 37.3 Å². The third kappa shape index (κ3) is 5.49. The zero-order chi connectivity index (χ0) is 14.5. The molecular formula is C20H28Cl2HfSi. The molecule has 2 fully saturated rings. The molecule has 1 saturated heterocycles. The average Bonchev–Trinajstić information content (AvgIpc) is 3.15. The number of hydrogen-bond acceptors (Lipinski definition) is 0. The summed E-state index contributed by atoms with van der Waals surface area (Å²) in [7, 11) is -0.904. The fourth-order valence-electron chi connectivity index (χ4n) is 4.46. The summed E-state index contributed by atoms with van der Waals surface area (Å²) in [6, 6.07) is 4.81. The first-order chi connectivity index (χ1) is 10.4. The van der Waals surface area contributed by atoms with Crippen LogP contribution in [0.25, 0.3) is 0 Å². The van der Waals surface area contributed by atoms with E-state index in [-0.39, 0.29) is 50.7 Å². The van der Waals surface area contributed by atoms with Gasteiger partial charge in [0.05, 0.1) is 0 Å². The van der Waals surface area contributed by atoms with Gasteiger partial charge in [0.2, 0.25) is 0 Å². The second-order valence-electron chi connectivity index (χ2n) is 6.89. The van der Waals surface area contributed by atoms with Gasteiger partial charge in [-0.3, -0.25) is 6.08 Å². The first-order valence-corrected chi connectivity index (χ1v) is 11.4. The molecule has 0 spiro atoms. The van der Waals surface area contributed by atoms with Crippen molar-refractivity contribution in [2.75, 3.05) is 0 Å². The van der Waals surface area contributed by atoms with Crippen LogP contribution in [0.4, 0.5) is 0 Å². The molecule has 1 heterocycles. The quantitative estimate of drug-likeness (QED) is 0.345. The number of allylic oxidation sites excluding steroid dienone is 8. The van der Waals surface area contributed by atoms with E-state index in [0.717, 1.165) is 12.3 Å². The molecule has 1 aliphatic heterocycles. The predicted octanol–water partition coefficient (Wildman–Crippen LogP) is -0.0299. The van der Waals surface area contributed by atoms with Crippen molar-refractivity contribution in [3.63, 3.8) is 0 Å². The molecular weight excluding hydrogens is 518 g/mol. The van der Waals surface area contributed by atoms with Crippen LogP contribution >= 0.6 is 0 Å². The maximum Gasteiger partial charge on any atom is 4.00 e. The number of halogens is 2. The second-order valence-corrected chi connectivity index (χ2v) is 11.6. The maximum atomic E-state index is 2.99. The standard InChI is InChI=1S/C15H23Si.C5H5.2ClH.Hf/c1-2-10-16(11-5-12-16)15-9-8-13-6-3-4-7-14(13)15;1-2-4-5-3-1;;;/h3-4,7,13H,2,5-6,8-12H2,1H3;1-3H,4H2;2*1H;/q2*-1;;;+4/p-2. The molecule has 0 aromatic rings. The minimum Gasteiger partial charge on any atom is -1.00 e. The van der Waals surface area contributed by atoms with Gasteiger partial charge in [-0.05, 0) is 20.4 Å². The Hall–Kier alpha value is 0.497. The normalized spacial score (nSPS) is 24.3. The van der Waals surface area contributed by atoms with Gasteiger partial charge < -0.3 is 24.8 Å². The van der Waals surface area contributed by atoms with Crippen molar-refractivity contribution >= 4 is 8.07 Å². The Bertz CT molecular complexity index is 468. The van der Waals surface area contributed by atoms with Crippen LogP contribution in [0.3, 0.4) is 0 Å². The van der Waals surface area contributed by atoms with Crippen molar-refractivity contribution < 1.29 is 50.7 Å².